The molecule has 0 amide bonds. The second-order valence-electron chi connectivity index (χ2n) is 7.52. The summed E-state index contributed by atoms with van der Waals surface area (Å²) in [5.41, 5.74) is 7.15. The van der Waals surface area contributed by atoms with Crippen LogP contribution in [0.2, 0.25) is 0 Å². The molecule has 28 heavy (non-hydrogen) atoms. The molecule has 0 bridgehead atoms. The van der Waals surface area contributed by atoms with Gasteiger partial charge in [0, 0.05) is 23.5 Å². The lowest BCUT2D eigenvalue weighted by molar-refractivity contribution is 0.379. The van der Waals surface area contributed by atoms with Crippen LogP contribution in [-0.4, -0.2) is 19.5 Å². The summed E-state index contributed by atoms with van der Waals surface area (Å²) in [6, 6.07) is 20.3. The number of nitrogens with zero attached hydrogens (tertiary/aromatic N) is 1. The molecule has 6 heteroatoms. The van der Waals surface area contributed by atoms with Gasteiger partial charge < -0.3 is 10.3 Å². The van der Waals surface area contributed by atoms with Gasteiger partial charge in [-0.25, -0.2) is 8.42 Å². The van der Waals surface area contributed by atoms with Gasteiger partial charge in [-0.2, -0.15) is 0 Å². The number of rotatable bonds is 5. The number of hydrogen-bond donors (Lipinski definition) is 2. The molecule has 0 unspecified atom stereocenters. The fourth-order valence-corrected chi connectivity index (χ4v) is 4.82. The van der Waals surface area contributed by atoms with Crippen LogP contribution in [0.5, 0.6) is 0 Å². The van der Waals surface area contributed by atoms with Gasteiger partial charge >= 0.3 is 0 Å². The van der Waals surface area contributed by atoms with Crippen LogP contribution < -0.4 is 10.5 Å². The zero-order chi connectivity index (χ0) is 19.9. The molecule has 4 rings (SSSR count). The van der Waals surface area contributed by atoms with Gasteiger partial charge in [0.15, 0.2) is 0 Å². The van der Waals surface area contributed by atoms with Crippen molar-refractivity contribution in [3.8, 4) is 0 Å². The fraction of sp³-hybridized carbons (Fsp3) is 0.182. The summed E-state index contributed by atoms with van der Waals surface area (Å²) in [5.74, 6) is 0. The summed E-state index contributed by atoms with van der Waals surface area (Å²) in [5, 5.41) is 2.43. The minimum Gasteiger partial charge on any atom is -0.341 e. The Morgan fingerprint density at radius 3 is 2.43 bits per heavy atom. The number of aromatic nitrogens is 1. The number of anilines is 1. The predicted molar refractivity (Wildman–Crippen MR) is 115 cm³/mol. The number of sulfonamides is 1. The number of hydrogen-bond acceptors (Lipinski definition) is 3. The Kier molecular flexibility index (Phi) is 4.40. The highest BCUT2D eigenvalue weighted by molar-refractivity contribution is 7.93. The zero-order valence-electron chi connectivity index (χ0n) is 15.9. The summed E-state index contributed by atoms with van der Waals surface area (Å²) in [6.45, 7) is 4.58. The van der Waals surface area contributed by atoms with E-state index in [0.717, 1.165) is 16.3 Å². The van der Waals surface area contributed by atoms with Crippen LogP contribution in [0.15, 0.2) is 77.8 Å². The first-order valence-electron chi connectivity index (χ1n) is 9.15. The minimum atomic E-state index is -3.75. The number of fused-ring (bicyclic) bond motifs is 2. The molecule has 0 saturated heterocycles. The third kappa shape index (κ3) is 3.04. The average Bonchev–Trinajstić information content (AvgIpc) is 3.13. The fourth-order valence-electron chi connectivity index (χ4n) is 3.51. The van der Waals surface area contributed by atoms with Gasteiger partial charge in [0.2, 0.25) is 0 Å². The van der Waals surface area contributed by atoms with Crippen molar-refractivity contribution < 1.29 is 8.42 Å². The Labute approximate surface area is 164 Å². The average molecular weight is 394 g/mol. The Bertz CT molecular complexity index is 1270. The molecule has 4 aromatic rings. The molecule has 0 spiro atoms. The summed E-state index contributed by atoms with van der Waals surface area (Å²) < 4.78 is 31.2. The number of nitrogens with two attached hydrogens (primary N) is 1. The van der Waals surface area contributed by atoms with E-state index in [1.165, 1.54) is 0 Å². The lowest BCUT2D eigenvalue weighted by Gasteiger charge is -2.26. The lowest BCUT2D eigenvalue weighted by Crippen LogP contribution is -2.34. The van der Waals surface area contributed by atoms with Crippen LogP contribution in [-0.2, 0) is 15.6 Å². The number of nitrogens with one attached hydrogen (secondary N) is 1. The zero-order valence-corrected chi connectivity index (χ0v) is 16.7. The summed E-state index contributed by atoms with van der Waals surface area (Å²) in [4.78, 5) is 0.268. The van der Waals surface area contributed by atoms with Crippen LogP contribution in [0.1, 0.15) is 13.8 Å². The predicted octanol–water partition coefficient (Wildman–Crippen LogP) is 4.29. The Morgan fingerprint density at radius 1 is 0.929 bits per heavy atom. The quantitative estimate of drug-likeness (QED) is 0.531. The van der Waals surface area contributed by atoms with Crippen LogP contribution in [0.3, 0.4) is 0 Å². The van der Waals surface area contributed by atoms with Gasteiger partial charge in [0.25, 0.3) is 10.0 Å². The highest BCUT2D eigenvalue weighted by atomic mass is 32.2. The van der Waals surface area contributed by atoms with Gasteiger partial charge in [0.05, 0.1) is 21.6 Å². The Balaban J connectivity index is 1.82. The number of benzene rings is 3. The molecule has 0 aliphatic carbocycles. The van der Waals surface area contributed by atoms with Crippen molar-refractivity contribution >= 4 is 37.4 Å². The molecule has 3 aromatic carbocycles. The standard InChI is InChI=1S/C22H23N3O2S/c1-22(2,15-23)25-14-13-18-19(10-6-11-20(18)25)24-28(26,27)21-12-5-8-16-7-3-4-9-17(16)21/h3-14,24H,15,23H2,1-2H3. The third-order valence-electron chi connectivity index (χ3n) is 5.17. The largest absolute Gasteiger partial charge is 0.341 e. The van der Waals surface area contributed by atoms with Gasteiger partial charge in [-0.05, 0) is 43.5 Å². The van der Waals surface area contributed by atoms with E-state index in [1.807, 2.05) is 54.7 Å². The van der Waals surface area contributed by atoms with Gasteiger partial charge in [-0.3, -0.25) is 4.72 Å². The molecular formula is C22H23N3O2S. The van der Waals surface area contributed by atoms with Crippen LogP contribution >= 0.6 is 0 Å². The SMILES string of the molecule is CC(C)(CN)n1ccc2c(NS(=O)(=O)c3cccc4ccccc34)cccc21. The topological polar surface area (TPSA) is 77.1 Å². The highest BCUT2D eigenvalue weighted by Gasteiger charge is 2.22. The van der Waals surface area contributed by atoms with E-state index in [2.05, 4.69) is 23.1 Å². The molecule has 0 fully saturated rings. The van der Waals surface area contributed by atoms with E-state index < -0.39 is 10.0 Å². The summed E-state index contributed by atoms with van der Waals surface area (Å²) in [7, 11) is -3.75. The van der Waals surface area contributed by atoms with E-state index >= 15 is 0 Å². The maximum absolute atomic E-state index is 13.2. The molecule has 144 valence electrons. The Morgan fingerprint density at radius 2 is 1.64 bits per heavy atom. The first kappa shape index (κ1) is 18.5. The smallest absolute Gasteiger partial charge is 0.262 e. The maximum Gasteiger partial charge on any atom is 0.262 e. The van der Waals surface area contributed by atoms with Gasteiger partial charge in [0.1, 0.15) is 0 Å². The van der Waals surface area contributed by atoms with E-state index in [0.29, 0.717) is 17.6 Å². The molecule has 0 radical (unpaired) electrons. The molecule has 0 saturated carbocycles. The molecule has 0 aliphatic rings. The van der Waals surface area contributed by atoms with Gasteiger partial charge in [-0.1, -0.05) is 42.5 Å². The van der Waals surface area contributed by atoms with Crippen molar-refractivity contribution in [1.29, 1.82) is 0 Å². The first-order valence-corrected chi connectivity index (χ1v) is 10.6. The lowest BCUT2D eigenvalue weighted by atomic mass is 10.1. The monoisotopic (exact) mass is 393 g/mol. The molecule has 3 N–H and O–H groups in total. The molecule has 1 aromatic heterocycles. The van der Waals surface area contributed by atoms with Gasteiger partial charge in [-0.15, -0.1) is 0 Å². The summed E-state index contributed by atoms with van der Waals surface area (Å²) in [6.07, 6.45) is 1.95. The van der Waals surface area contributed by atoms with Crippen molar-refractivity contribution in [3.05, 3.63) is 72.9 Å². The normalized spacial score (nSPS) is 12.5. The van der Waals surface area contributed by atoms with E-state index in [4.69, 9.17) is 5.73 Å². The maximum atomic E-state index is 13.2. The van der Waals surface area contributed by atoms with E-state index in [-0.39, 0.29) is 10.4 Å². The Hall–Kier alpha value is -2.83. The molecule has 5 nitrogen and oxygen atoms in total. The van der Waals surface area contributed by atoms with Crippen molar-refractivity contribution in [3.63, 3.8) is 0 Å². The van der Waals surface area contributed by atoms with Crippen molar-refractivity contribution in [2.24, 2.45) is 5.73 Å². The van der Waals surface area contributed by atoms with Crippen LogP contribution in [0.25, 0.3) is 21.7 Å². The van der Waals surface area contributed by atoms with Crippen LogP contribution in [0.4, 0.5) is 5.69 Å². The molecular weight excluding hydrogens is 370 g/mol. The van der Waals surface area contributed by atoms with Crippen molar-refractivity contribution in [2.45, 2.75) is 24.3 Å². The van der Waals surface area contributed by atoms with E-state index in [9.17, 15) is 8.42 Å². The minimum absolute atomic E-state index is 0.268. The third-order valence-corrected chi connectivity index (χ3v) is 6.59. The first-order chi connectivity index (χ1) is 13.3. The summed E-state index contributed by atoms with van der Waals surface area (Å²) >= 11 is 0. The van der Waals surface area contributed by atoms with Crippen molar-refractivity contribution in [2.75, 3.05) is 11.3 Å². The second-order valence-corrected chi connectivity index (χ2v) is 9.17. The van der Waals surface area contributed by atoms with Crippen molar-refractivity contribution in [1.82, 2.24) is 4.57 Å². The molecule has 0 atom stereocenters. The van der Waals surface area contributed by atoms with E-state index in [1.54, 1.807) is 18.2 Å². The molecule has 0 aliphatic heterocycles. The van der Waals surface area contributed by atoms with Crippen LogP contribution in [0, 0.1) is 0 Å². The second kappa shape index (κ2) is 6.65. The molecule has 1 heterocycles. The highest BCUT2D eigenvalue weighted by Crippen LogP contribution is 2.31.